The molecule has 3 aliphatic rings. The third-order valence-corrected chi connectivity index (χ3v) is 4.48. The smallest absolute Gasteiger partial charge is 0.249 e. The molecule has 0 aromatic heterocycles. The van der Waals surface area contributed by atoms with Crippen molar-refractivity contribution in [3.63, 3.8) is 0 Å². The Labute approximate surface area is 119 Å². The van der Waals surface area contributed by atoms with Gasteiger partial charge >= 0.3 is 0 Å². The SMILES string of the molecule is O=C1NCCO[C@H]2CN(C(=O)C3=CCCCC3)CC[C@@H]12. The van der Waals surface area contributed by atoms with Crippen molar-refractivity contribution in [1.82, 2.24) is 10.2 Å². The normalized spacial score (nSPS) is 30.9. The molecule has 2 amide bonds. The van der Waals surface area contributed by atoms with Crippen LogP contribution in [0.25, 0.3) is 0 Å². The van der Waals surface area contributed by atoms with Crippen molar-refractivity contribution in [3.8, 4) is 0 Å². The van der Waals surface area contributed by atoms with Gasteiger partial charge in [0.25, 0.3) is 0 Å². The van der Waals surface area contributed by atoms with Crippen molar-refractivity contribution in [2.75, 3.05) is 26.2 Å². The lowest BCUT2D eigenvalue weighted by molar-refractivity contribution is -0.139. The number of nitrogens with one attached hydrogen (secondary N) is 1. The molecule has 0 bridgehead atoms. The number of rotatable bonds is 1. The van der Waals surface area contributed by atoms with Gasteiger partial charge in [0.05, 0.1) is 18.6 Å². The molecule has 0 aromatic carbocycles. The van der Waals surface area contributed by atoms with E-state index in [2.05, 4.69) is 11.4 Å². The van der Waals surface area contributed by atoms with Crippen molar-refractivity contribution in [3.05, 3.63) is 11.6 Å². The molecule has 20 heavy (non-hydrogen) atoms. The number of piperidine rings is 1. The Balaban J connectivity index is 1.67. The first-order valence-electron chi connectivity index (χ1n) is 7.63. The molecule has 2 saturated heterocycles. The minimum Gasteiger partial charge on any atom is -0.374 e. The number of fused-ring (bicyclic) bond motifs is 1. The van der Waals surface area contributed by atoms with E-state index in [0.717, 1.165) is 24.8 Å². The van der Waals surface area contributed by atoms with Crippen molar-refractivity contribution < 1.29 is 14.3 Å². The fourth-order valence-electron chi connectivity index (χ4n) is 3.32. The summed E-state index contributed by atoms with van der Waals surface area (Å²) >= 11 is 0. The van der Waals surface area contributed by atoms with Gasteiger partial charge < -0.3 is 15.0 Å². The van der Waals surface area contributed by atoms with Crippen molar-refractivity contribution >= 4 is 11.8 Å². The zero-order valence-corrected chi connectivity index (χ0v) is 11.8. The van der Waals surface area contributed by atoms with Crippen molar-refractivity contribution in [1.29, 1.82) is 0 Å². The number of allylic oxidation sites excluding steroid dienone is 1. The lowest BCUT2D eigenvalue weighted by Crippen LogP contribution is -2.50. The zero-order valence-electron chi connectivity index (χ0n) is 11.8. The highest BCUT2D eigenvalue weighted by Crippen LogP contribution is 2.26. The number of carbonyl (C=O) groups excluding carboxylic acids is 2. The van der Waals surface area contributed by atoms with Gasteiger partial charge in [0.1, 0.15) is 0 Å². The van der Waals surface area contributed by atoms with Gasteiger partial charge in [-0.3, -0.25) is 9.59 Å². The molecule has 0 aromatic rings. The first-order valence-corrected chi connectivity index (χ1v) is 7.63. The van der Waals surface area contributed by atoms with Gasteiger partial charge in [-0.2, -0.15) is 0 Å². The van der Waals surface area contributed by atoms with Crippen LogP contribution in [0, 0.1) is 5.92 Å². The fourth-order valence-corrected chi connectivity index (χ4v) is 3.32. The topological polar surface area (TPSA) is 58.6 Å². The summed E-state index contributed by atoms with van der Waals surface area (Å²) < 4.78 is 5.75. The van der Waals surface area contributed by atoms with E-state index in [0.29, 0.717) is 32.7 Å². The van der Waals surface area contributed by atoms with Gasteiger partial charge in [-0.05, 0) is 32.1 Å². The monoisotopic (exact) mass is 278 g/mol. The van der Waals surface area contributed by atoms with Crippen LogP contribution < -0.4 is 5.32 Å². The second kappa shape index (κ2) is 5.95. The molecule has 1 N–H and O–H groups in total. The summed E-state index contributed by atoms with van der Waals surface area (Å²) in [6.07, 6.45) is 6.85. The van der Waals surface area contributed by atoms with Crippen LogP contribution in [0.5, 0.6) is 0 Å². The number of carbonyl (C=O) groups is 2. The van der Waals surface area contributed by atoms with Crippen LogP contribution in [-0.2, 0) is 14.3 Å². The molecule has 2 fully saturated rings. The molecule has 0 unspecified atom stereocenters. The van der Waals surface area contributed by atoms with Crippen LogP contribution in [0.4, 0.5) is 0 Å². The maximum Gasteiger partial charge on any atom is 0.249 e. The number of likely N-dealkylation sites (tertiary alicyclic amines) is 1. The number of ether oxygens (including phenoxy) is 1. The maximum atomic E-state index is 12.5. The Morgan fingerprint density at radius 2 is 2.30 bits per heavy atom. The molecular formula is C15H22N2O3. The first-order chi connectivity index (χ1) is 9.75. The van der Waals surface area contributed by atoms with Crippen LogP contribution >= 0.6 is 0 Å². The maximum absolute atomic E-state index is 12.5. The third kappa shape index (κ3) is 2.73. The van der Waals surface area contributed by atoms with E-state index in [1.807, 2.05) is 4.90 Å². The molecule has 2 aliphatic heterocycles. The van der Waals surface area contributed by atoms with E-state index in [4.69, 9.17) is 4.74 Å². The van der Waals surface area contributed by atoms with E-state index in [-0.39, 0.29) is 23.8 Å². The van der Waals surface area contributed by atoms with Crippen LogP contribution in [-0.4, -0.2) is 49.1 Å². The summed E-state index contributed by atoms with van der Waals surface area (Å²) in [4.78, 5) is 26.3. The molecule has 110 valence electrons. The quantitative estimate of drug-likeness (QED) is 0.773. The average Bonchev–Trinajstić information content (AvgIpc) is 2.69. The van der Waals surface area contributed by atoms with Crippen LogP contribution in [0.1, 0.15) is 32.1 Å². The van der Waals surface area contributed by atoms with Crippen LogP contribution in [0.15, 0.2) is 11.6 Å². The summed E-state index contributed by atoms with van der Waals surface area (Å²) in [7, 11) is 0. The lowest BCUT2D eigenvalue weighted by atomic mass is 9.91. The van der Waals surface area contributed by atoms with Gasteiger partial charge in [0, 0.05) is 25.2 Å². The van der Waals surface area contributed by atoms with E-state index in [1.54, 1.807) is 0 Å². The van der Waals surface area contributed by atoms with Crippen molar-refractivity contribution in [2.45, 2.75) is 38.2 Å². The van der Waals surface area contributed by atoms with E-state index in [1.165, 1.54) is 6.42 Å². The van der Waals surface area contributed by atoms with E-state index >= 15 is 0 Å². The highest BCUT2D eigenvalue weighted by Gasteiger charge is 2.38. The Hall–Kier alpha value is -1.36. The largest absolute Gasteiger partial charge is 0.374 e. The van der Waals surface area contributed by atoms with Gasteiger partial charge in [-0.1, -0.05) is 6.08 Å². The molecular weight excluding hydrogens is 256 g/mol. The highest BCUT2D eigenvalue weighted by atomic mass is 16.5. The van der Waals surface area contributed by atoms with E-state index < -0.39 is 0 Å². The molecule has 2 heterocycles. The number of amides is 2. The predicted molar refractivity (Wildman–Crippen MR) is 74.0 cm³/mol. The summed E-state index contributed by atoms with van der Waals surface area (Å²) in [5.41, 5.74) is 0.952. The van der Waals surface area contributed by atoms with Crippen LogP contribution in [0.2, 0.25) is 0 Å². The Bertz CT molecular complexity index is 433. The van der Waals surface area contributed by atoms with Gasteiger partial charge in [0.2, 0.25) is 11.8 Å². The minimum absolute atomic E-state index is 0.0801. The Morgan fingerprint density at radius 1 is 1.40 bits per heavy atom. The molecule has 0 radical (unpaired) electrons. The number of hydrogen-bond donors (Lipinski definition) is 1. The Kier molecular flexibility index (Phi) is 4.05. The standard InChI is InChI=1S/C15H22N2O3/c18-14-12-6-8-17(10-13(12)20-9-7-16-14)15(19)11-4-2-1-3-5-11/h4,12-13H,1-3,5-10H2,(H,16,18)/t12-,13+/m1/s1. The lowest BCUT2D eigenvalue weighted by Gasteiger charge is -2.36. The van der Waals surface area contributed by atoms with Crippen molar-refractivity contribution in [2.24, 2.45) is 5.92 Å². The zero-order chi connectivity index (χ0) is 13.9. The average molecular weight is 278 g/mol. The molecule has 5 heteroatoms. The molecule has 2 atom stereocenters. The minimum atomic E-state index is -0.139. The molecule has 0 spiro atoms. The summed E-state index contributed by atoms with van der Waals surface area (Å²) in [5.74, 6) is 0.134. The highest BCUT2D eigenvalue weighted by molar-refractivity contribution is 5.93. The molecule has 5 nitrogen and oxygen atoms in total. The Morgan fingerprint density at radius 3 is 3.10 bits per heavy atom. The predicted octanol–water partition coefficient (Wildman–Crippen LogP) is 0.850. The van der Waals surface area contributed by atoms with Gasteiger partial charge in [-0.25, -0.2) is 0 Å². The first kappa shape index (κ1) is 13.6. The second-order valence-corrected chi connectivity index (χ2v) is 5.82. The van der Waals surface area contributed by atoms with Gasteiger partial charge in [-0.15, -0.1) is 0 Å². The number of nitrogens with zero attached hydrogens (tertiary/aromatic N) is 1. The molecule has 1 aliphatic carbocycles. The molecule has 0 saturated carbocycles. The van der Waals surface area contributed by atoms with Gasteiger partial charge in [0.15, 0.2) is 0 Å². The second-order valence-electron chi connectivity index (χ2n) is 5.82. The summed E-state index contributed by atoms with van der Waals surface area (Å²) in [6, 6.07) is 0. The fraction of sp³-hybridized carbons (Fsp3) is 0.733. The third-order valence-electron chi connectivity index (χ3n) is 4.48. The molecule has 3 rings (SSSR count). The van der Waals surface area contributed by atoms with Crippen LogP contribution in [0.3, 0.4) is 0 Å². The van der Waals surface area contributed by atoms with E-state index in [9.17, 15) is 9.59 Å². The summed E-state index contributed by atoms with van der Waals surface area (Å²) in [5, 5.41) is 2.87. The summed E-state index contributed by atoms with van der Waals surface area (Å²) in [6.45, 7) is 2.32. The number of hydrogen-bond acceptors (Lipinski definition) is 3.